The number of nitrogens with zero attached hydrogens (tertiary/aromatic N) is 2. The van der Waals surface area contributed by atoms with E-state index in [0.29, 0.717) is 0 Å². The third-order valence-electron chi connectivity index (χ3n) is 3.90. The van der Waals surface area contributed by atoms with E-state index >= 15 is 0 Å². The molecule has 2 heteroatoms. The molecule has 0 aromatic heterocycles. The molecule has 0 saturated heterocycles. The van der Waals surface area contributed by atoms with Gasteiger partial charge in [0.2, 0.25) is 0 Å². The minimum atomic E-state index is -0.115. The van der Waals surface area contributed by atoms with Crippen LogP contribution in [0.25, 0.3) is 5.57 Å². The number of rotatable bonds is 1. The molecule has 0 radical (unpaired) electrons. The number of amidine groups is 1. The van der Waals surface area contributed by atoms with Crippen molar-refractivity contribution in [2.75, 3.05) is 0 Å². The number of allylic oxidation sites excluding steroid dienone is 2. The molecule has 1 aliphatic heterocycles. The fraction of sp³-hybridized carbons (Fsp3) is 0.238. The second-order valence-corrected chi connectivity index (χ2v) is 6.73. The molecule has 0 unspecified atom stereocenters. The summed E-state index contributed by atoms with van der Waals surface area (Å²) in [6.45, 7) is 8.52. The largest absolute Gasteiger partial charge is 0.232 e. The number of para-hydroxylation sites is 1. The van der Waals surface area contributed by atoms with E-state index < -0.39 is 0 Å². The first-order chi connectivity index (χ1) is 11.0. The summed E-state index contributed by atoms with van der Waals surface area (Å²) in [6.07, 6.45) is 2.13. The monoisotopic (exact) mass is 302 g/mol. The van der Waals surface area contributed by atoms with Crippen molar-refractivity contribution in [3.05, 3.63) is 71.8 Å². The summed E-state index contributed by atoms with van der Waals surface area (Å²) >= 11 is 0. The fourth-order valence-electron chi connectivity index (χ4n) is 2.68. The van der Waals surface area contributed by atoms with Crippen LogP contribution in [0.5, 0.6) is 0 Å². The van der Waals surface area contributed by atoms with Crippen molar-refractivity contribution in [3.63, 3.8) is 0 Å². The van der Waals surface area contributed by atoms with Crippen LogP contribution in [0.2, 0.25) is 0 Å². The van der Waals surface area contributed by atoms with E-state index in [1.54, 1.807) is 0 Å². The van der Waals surface area contributed by atoms with E-state index in [1.807, 2.05) is 12.1 Å². The van der Waals surface area contributed by atoms with Crippen LogP contribution in [-0.2, 0) is 0 Å². The van der Waals surface area contributed by atoms with Crippen LogP contribution < -0.4 is 0 Å². The molecule has 1 heterocycles. The van der Waals surface area contributed by atoms with E-state index in [9.17, 15) is 0 Å². The molecule has 2 nitrogen and oxygen atoms in total. The summed E-state index contributed by atoms with van der Waals surface area (Å²) in [7, 11) is 0. The lowest BCUT2D eigenvalue weighted by molar-refractivity contribution is 0.586. The Hall–Kier alpha value is -2.48. The molecule has 23 heavy (non-hydrogen) atoms. The number of fused-ring (bicyclic) bond motifs is 1. The molecular weight excluding hydrogens is 280 g/mol. The summed E-state index contributed by atoms with van der Waals surface area (Å²) in [6, 6.07) is 18.6. The maximum atomic E-state index is 4.98. The summed E-state index contributed by atoms with van der Waals surface area (Å²) in [4.78, 5) is 9.86. The van der Waals surface area contributed by atoms with Gasteiger partial charge in [-0.25, -0.2) is 9.98 Å². The van der Waals surface area contributed by atoms with Crippen LogP contribution in [0.4, 0.5) is 5.69 Å². The van der Waals surface area contributed by atoms with Crippen LogP contribution in [0, 0.1) is 5.41 Å². The Labute approximate surface area is 138 Å². The zero-order valence-corrected chi connectivity index (χ0v) is 14.2. The first-order valence-electron chi connectivity index (χ1n) is 8.00. The lowest BCUT2D eigenvalue weighted by Gasteiger charge is -2.18. The predicted molar refractivity (Wildman–Crippen MR) is 99.6 cm³/mol. The van der Waals surface area contributed by atoms with Crippen molar-refractivity contribution >= 4 is 22.8 Å². The molecule has 0 atom stereocenters. The maximum Gasteiger partial charge on any atom is 0.135 e. The van der Waals surface area contributed by atoms with Crippen LogP contribution in [0.3, 0.4) is 0 Å². The molecule has 0 fully saturated rings. The highest BCUT2D eigenvalue weighted by Gasteiger charge is 2.25. The lowest BCUT2D eigenvalue weighted by atomic mass is 9.93. The van der Waals surface area contributed by atoms with Crippen molar-refractivity contribution in [3.8, 4) is 0 Å². The molecule has 0 amide bonds. The van der Waals surface area contributed by atoms with Gasteiger partial charge in [0.05, 0.1) is 11.4 Å². The number of hydrogen-bond donors (Lipinski definition) is 0. The highest BCUT2D eigenvalue weighted by Crippen LogP contribution is 2.34. The molecule has 3 rings (SSSR count). The molecule has 1 aliphatic rings. The van der Waals surface area contributed by atoms with Crippen molar-refractivity contribution in [2.24, 2.45) is 15.4 Å². The minimum absolute atomic E-state index is 0.115. The molecular formula is C21H22N2. The average molecular weight is 302 g/mol. The molecule has 0 N–H and O–H groups in total. The number of hydrogen-bond acceptors (Lipinski definition) is 2. The second kappa shape index (κ2) is 5.96. The van der Waals surface area contributed by atoms with Crippen LogP contribution >= 0.6 is 0 Å². The normalized spacial score (nSPS) is 16.4. The zero-order chi connectivity index (χ0) is 16.4. The van der Waals surface area contributed by atoms with Crippen LogP contribution in [0.15, 0.2) is 70.7 Å². The molecule has 0 saturated carbocycles. The fourth-order valence-corrected chi connectivity index (χ4v) is 2.68. The molecule has 2 aromatic carbocycles. The van der Waals surface area contributed by atoms with E-state index in [1.165, 1.54) is 0 Å². The van der Waals surface area contributed by atoms with Crippen molar-refractivity contribution in [1.82, 2.24) is 0 Å². The van der Waals surface area contributed by atoms with Crippen LogP contribution in [-0.4, -0.2) is 11.5 Å². The Bertz CT molecular complexity index is 803. The Kier molecular flexibility index (Phi) is 3.99. The minimum Gasteiger partial charge on any atom is -0.232 e. The number of aliphatic imine (C=N–C) groups is 2. The smallest absolute Gasteiger partial charge is 0.135 e. The molecule has 0 aliphatic carbocycles. The van der Waals surface area contributed by atoms with Gasteiger partial charge in [-0.05, 0) is 13.0 Å². The third kappa shape index (κ3) is 3.02. The zero-order valence-electron chi connectivity index (χ0n) is 14.2. The van der Waals surface area contributed by atoms with Gasteiger partial charge in [-0.15, -0.1) is 0 Å². The van der Waals surface area contributed by atoms with E-state index in [2.05, 4.69) is 76.2 Å². The van der Waals surface area contributed by atoms with Crippen molar-refractivity contribution in [1.29, 1.82) is 0 Å². The van der Waals surface area contributed by atoms with Gasteiger partial charge in [0.25, 0.3) is 0 Å². The molecule has 2 aromatic rings. The highest BCUT2D eigenvalue weighted by atomic mass is 15.0. The van der Waals surface area contributed by atoms with Crippen molar-refractivity contribution < 1.29 is 0 Å². The van der Waals surface area contributed by atoms with Crippen molar-refractivity contribution in [2.45, 2.75) is 27.7 Å². The van der Waals surface area contributed by atoms with E-state index in [0.717, 1.165) is 33.9 Å². The summed E-state index contributed by atoms with van der Waals surface area (Å²) < 4.78 is 0. The Morgan fingerprint density at radius 2 is 1.48 bits per heavy atom. The Balaban J connectivity index is 2.30. The molecule has 116 valence electrons. The van der Waals surface area contributed by atoms with Gasteiger partial charge in [0, 0.05) is 22.1 Å². The molecule has 0 bridgehead atoms. The quantitative estimate of drug-likeness (QED) is 0.648. The summed E-state index contributed by atoms with van der Waals surface area (Å²) in [5, 5.41) is 0. The van der Waals surface area contributed by atoms with Gasteiger partial charge in [-0.2, -0.15) is 0 Å². The summed E-state index contributed by atoms with van der Waals surface area (Å²) in [5.41, 5.74) is 5.25. The van der Waals surface area contributed by atoms with Gasteiger partial charge in [-0.1, -0.05) is 75.4 Å². The second-order valence-electron chi connectivity index (χ2n) is 6.73. The molecule has 0 spiro atoms. The first-order valence-corrected chi connectivity index (χ1v) is 8.00. The Morgan fingerprint density at radius 3 is 2.13 bits per heavy atom. The SMILES string of the molecule is CC=C1C(c2ccccc2)=NC(C(C)(C)C)=Nc2ccccc21. The topological polar surface area (TPSA) is 24.7 Å². The number of benzene rings is 2. The van der Waals surface area contributed by atoms with E-state index in [4.69, 9.17) is 9.98 Å². The van der Waals surface area contributed by atoms with E-state index in [-0.39, 0.29) is 5.41 Å². The highest BCUT2D eigenvalue weighted by molar-refractivity contribution is 6.35. The van der Waals surface area contributed by atoms with Gasteiger partial charge in [0.1, 0.15) is 5.84 Å². The van der Waals surface area contributed by atoms with Crippen LogP contribution in [0.1, 0.15) is 38.8 Å². The van der Waals surface area contributed by atoms with Gasteiger partial charge in [-0.3, -0.25) is 0 Å². The average Bonchev–Trinajstić information content (AvgIpc) is 2.72. The van der Waals surface area contributed by atoms with Gasteiger partial charge >= 0.3 is 0 Å². The first kappa shape index (κ1) is 15.4. The maximum absolute atomic E-state index is 4.98. The standard InChI is InChI=1S/C21H22N2/c1-5-16-17-13-9-10-14-18(17)22-20(21(2,3)4)23-19(16)15-11-7-6-8-12-15/h5-14H,1-4H3. The Morgan fingerprint density at radius 1 is 0.826 bits per heavy atom. The predicted octanol–water partition coefficient (Wildman–Crippen LogP) is 5.67. The summed E-state index contributed by atoms with van der Waals surface area (Å²) in [5.74, 6) is 0.862. The van der Waals surface area contributed by atoms with Gasteiger partial charge < -0.3 is 0 Å². The lowest BCUT2D eigenvalue weighted by Crippen LogP contribution is -2.19. The van der Waals surface area contributed by atoms with Gasteiger partial charge in [0.15, 0.2) is 0 Å². The third-order valence-corrected chi connectivity index (χ3v) is 3.90.